The molecule has 2 N–H and O–H groups in total. The molecule has 3 rings (SSSR count). The first-order valence-electron chi connectivity index (χ1n) is 5.98. The molecule has 0 atom stereocenters. The van der Waals surface area contributed by atoms with Crippen LogP contribution in [0.15, 0.2) is 48.8 Å². The van der Waals surface area contributed by atoms with Crippen molar-refractivity contribution < 1.29 is 4.74 Å². The van der Waals surface area contributed by atoms with Crippen molar-refractivity contribution in [1.82, 2.24) is 9.97 Å². The molecule has 1 aromatic carbocycles. The molecule has 0 aliphatic carbocycles. The van der Waals surface area contributed by atoms with Gasteiger partial charge in [0.25, 0.3) is 0 Å². The monoisotopic (exact) mass is 251 g/mol. The van der Waals surface area contributed by atoms with Gasteiger partial charge in [0.15, 0.2) is 5.75 Å². The zero-order valence-corrected chi connectivity index (χ0v) is 10.5. The van der Waals surface area contributed by atoms with Crippen LogP contribution < -0.4 is 10.5 Å². The Bertz CT molecular complexity index is 723. The van der Waals surface area contributed by atoms with E-state index in [1.807, 2.05) is 43.3 Å². The highest BCUT2D eigenvalue weighted by Crippen LogP contribution is 2.33. The number of benzene rings is 1. The molecule has 3 aromatic rings. The van der Waals surface area contributed by atoms with Gasteiger partial charge in [-0.3, -0.25) is 9.97 Å². The topological polar surface area (TPSA) is 61.0 Å². The van der Waals surface area contributed by atoms with Gasteiger partial charge in [-0.1, -0.05) is 12.1 Å². The Morgan fingerprint density at radius 2 is 1.84 bits per heavy atom. The van der Waals surface area contributed by atoms with Crippen LogP contribution in [0.4, 0.5) is 5.69 Å². The second kappa shape index (κ2) is 4.57. The molecule has 2 heterocycles. The molecule has 4 nitrogen and oxygen atoms in total. The Balaban J connectivity index is 2.09. The van der Waals surface area contributed by atoms with Crippen molar-refractivity contribution in [2.75, 3.05) is 5.73 Å². The van der Waals surface area contributed by atoms with Gasteiger partial charge in [-0.2, -0.15) is 0 Å². The summed E-state index contributed by atoms with van der Waals surface area (Å²) in [6.45, 7) is 1.93. The molecule has 4 heteroatoms. The van der Waals surface area contributed by atoms with Gasteiger partial charge < -0.3 is 10.5 Å². The largest absolute Gasteiger partial charge is 0.453 e. The van der Waals surface area contributed by atoms with Crippen LogP contribution in [0, 0.1) is 6.92 Å². The Morgan fingerprint density at radius 1 is 1.00 bits per heavy atom. The smallest absolute Gasteiger partial charge is 0.161 e. The highest BCUT2D eigenvalue weighted by Gasteiger charge is 2.08. The zero-order valence-electron chi connectivity index (χ0n) is 10.5. The maximum absolute atomic E-state index is 5.96. The van der Waals surface area contributed by atoms with Crippen LogP contribution in [0.3, 0.4) is 0 Å². The SMILES string of the molecule is Cc1ccc(Oc2c(N)cnc3ccccc23)cn1. The lowest BCUT2D eigenvalue weighted by atomic mass is 10.2. The summed E-state index contributed by atoms with van der Waals surface area (Å²) in [5.41, 5.74) is 8.27. The van der Waals surface area contributed by atoms with Gasteiger partial charge in [0.2, 0.25) is 0 Å². The number of nitrogens with zero attached hydrogens (tertiary/aromatic N) is 2. The second-order valence-corrected chi connectivity index (χ2v) is 4.30. The number of pyridine rings is 2. The molecule has 0 saturated heterocycles. The summed E-state index contributed by atoms with van der Waals surface area (Å²) in [6, 6.07) is 11.5. The first-order valence-corrected chi connectivity index (χ1v) is 5.98. The fourth-order valence-corrected chi connectivity index (χ4v) is 1.88. The molecule has 2 aromatic heterocycles. The van der Waals surface area contributed by atoms with Gasteiger partial charge in [0.05, 0.1) is 23.6 Å². The minimum Gasteiger partial charge on any atom is -0.453 e. The van der Waals surface area contributed by atoms with E-state index in [4.69, 9.17) is 10.5 Å². The molecule has 0 amide bonds. The number of anilines is 1. The van der Waals surface area contributed by atoms with Crippen LogP contribution in [0.1, 0.15) is 5.69 Å². The van der Waals surface area contributed by atoms with Crippen molar-refractivity contribution >= 4 is 16.6 Å². The summed E-state index contributed by atoms with van der Waals surface area (Å²) in [4.78, 5) is 8.48. The van der Waals surface area contributed by atoms with E-state index in [1.54, 1.807) is 12.4 Å². The number of hydrogen-bond acceptors (Lipinski definition) is 4. The fourth-order valence-electron chi connectivity index (χ4n) is 1.88. The van der Waals surface area contributed by atoms with E-state index in [2.05, 4.69) is 9.97 Å². The van der Waals surface area contributed by atoms with Gasteiger partial charge in [0, 0.05) is 11.1 Å². The minimum atomic E-state index is 0.513. The summed E-state index contributed by atoms with van der Waals surface area (Å²) in [6.07, 6.45) is 3.29. The first kappa shape index (κ1) is 11.5. The van der Waals surface area contributed by atoms with Gasteiger partial charge in [0.1, 0.15) is 5.75 Å². The van der Waals surface area contributed by atoms with E-state index in [0.717, 1.165) is 16.6 Å². The molecule has 0 radical (unpaired) electrons. The van der Waals surface area contributed by atoms with E-state index >= 15 is 0 Å². The molecule has 0 aliphatic heterocycles. The highest BCUT2D eigenvalue weighted by atomic mass is 16.5. The van der Waals surface area contributed by atoms with Gasteiger partial charge in [-0.25, -0.2) is 0 Å². The van der Waals surface area contributed by atoms with E-state index in [0.29, 0.717) is 17.2 Å². The van der Waals surface area contributed by atoms with Crippen LogP contribution in [0.5, 0.6) is 11.5 Å². The van der Waals surface area contributed by atoms with Crippen molar-refractivity contribution in [2.24, 2.45) is 0 Å². The third-order valence-corrected chi connectivity index (χ3v) is 2.86. The number of fused-ring (bicyclic) bond motifs is 1. The second-order valence-electron chi connectivity index (χ2n) is 4.30. The zero-order chi connectivity index (χ0) is 13.2. The molecule has 0 unspecified atom stereocenters. The quantitative estimate of drug-likeness (QED) is 0.759. The Kier molecular flexibility index (Phi) is 2.76. The average molecular weight is 251 g/mol. The van der Waals surface area contributed by atoms with Crippen LogP contribution >= 0.6 is 0 Å². The number of nitrogen functional groups attached to an aromatic ring is 1. The third kappa shape index (κ3) is 2.20. The van der Waals surface area contributed by atoms with Crippen LogP contribution in [0.2, 0.25) is 0 Å². The Labute approximate surface area is 110 Å². The highest BCUT2D eigenvalue weighted by molar-refractivity contribution is 5.89. The lowest BCUT2D eigenvalue weighted by molar-refractivity contribution is 0.487. The number of rotatable bonds is 2. The lowest BCUT2D eigenvalue weighted by Crippen LogP contribution is -1.95. The number of aromatic nitrogens is 2. The van der Waals surface area contributed by atoms with Crippen LogP contribution in [-0.2, 0) is 0 Å². The third-order valence-electron chi connectivity index (χ3n) is 2.86. The van der Waals surface area contributed by atoms with E-state index < -0.39 is 0 Å². The molecule has 0 aliphatic rings. The average Bonchev–Trinajstić information content (AvgIpc) is 2.44. The van der Waals surface area contributed by atoms with Gasteiger partial charge in [-0.15, -0.1) is 0 Å². The standard InChI is InChI=1S/C15H13N3O/c1-10-6-7-11(8-17-10)19-15-12-4-2-3-5-14(12)18-9-13(15)16/h2-9H,16H2,1H3. The maximum Gasteiger partial charge on any atom is 0.161 e. The lowest BCUT2D eigenvalue weighted by Gasteiger charge is -2.10. The molecule has 0 fully saturated rings. The van der Waals surface area contributed by atoms with Crippen molar-refractivity contribution in [3.05, 3.63) is 54.5 Å². The fraction of sp³-hybridized carbons (Fsp3) is 0.0667. The Hall–Kier alpha value is -2.62. The molecule has 94 valence electrons. The Morgan fingerprint density at radius 3 is 2.63 bits per heavy atom. The summed E-state index contributed by atoms with van der Waals surface area (Å²) < 4.78 is 5.85. The molecule has 19 heavy (non-hydrogen) atoms. The molecule has 0 saturated carbocycles. The minimum absolute atomic E-state index is 0.513. The molecular weight excluding hydrogens is 238 g/mol. The van der Waals surface area contributed by atoms with Crippen LogP contribution in [-0.4, -0.2) is 9.97 Å². The van der Waals surface area contributed by atoms with Crippen molar-refractivity contribution in [3.63, 3.8) is 0 Å². The summed E-state index contributed by atoms with van der Waals surface area (Å²) in [7, 11) is 0. The summed E-state index contributed by atoms with van der Waals surface area (Å²) >= 11 is 0. The molecule has 0 spiro atoms. The number of para-hydroxylation sites is 1. The van der Waals surface area contributed by atoms with E-state index in [9.17, 15) is 0 Å². The number of hydrogen-bond donors (Lipinski definition) is 1. The number of ether oxygens (including phenoxy) is 1. The van der Waals surface area contributed by atoms with E-state index in [1.165, 1.54) is 0 Å². The normalized spacial score (nSPS) is 10.6. The first-order chi connectivity index (χ1) is 9.24. The van der Waals surface area contributed by atoms with Crippen LogP contribution in [0.25, 0.3) is 10.9 Å². The van der Waals surface area contributed by atoms with Crippen molar-refractivity contribution in [3.8, 4) is 11.5 Å². The predicted octanol–water partition coefficient (Wildman–Crippen LogP) is 3.31. The number of nitrogens with two attached hydrogens (primary N) is 1. The summed E-state index contributed by atoms with van der Waals surface area (Å²) in [5.74, 6) is 1.28. The summed E-state index contributed by atoms with van der Waals surface area (Å²) in [5, 5.41) is 0.892. The van der Waals surface area contributed by atoms with E-state index in [-0.39, 0.29) is 0 Å². The van der Waals surface area contributed by atoms with Gasteiger partial charge in [-0.05, 0) is 31.2 Å². The number of aryl methyl sites for hydroxylation is 1. The predicted molar refractivity (Wildman–Crippen MR) is 75.2 cm³/mol. The van der Waals surface area contributed by atoms with Gasteiger partial charge >= 0.3 is 0 Å². The maximum atomic E-state index is 5.96. The van der Waals surface area contributed by atoms with Crippen molar-refractivity contribution in [2.45, 2.75) is 6.92 Å². The van der Waals surface area contributed by atoms with Crippen molar-refractivity contribution in [1.29, 1.82) is 0 Å². The molecular formula is C15H13N3O. The molecule has 0 bridgehead atoms.